The molecule has 2 aliphatic heterocycles. The molecule has 3 N–H and O–H groups in total. The zero-order valence-corrected chi connectivity index (χ0v) is 15.0. The number of nitrogen functional groups attached to an aromatic ring is 1. The third-order valence-corrected chi connectivity index (χ3v) is 4.96. The molecule has 0 radical (unpaired) electrons. The van der Waals surface area contributed by atoms with Gasteiger partial charge in [-0.3, -0.25) is 9.59 Å². The number of carbonyl (C=O) groups is 2. The van der Waals surface area contributed by atoms with Gasteiger partial charge in [0.2, 0.25) is 18.6 Å². The van der Waals surface area contributed by atoms with Crippen LogP contribution in [0.5, 0.6) is 11.5 Å². The summed E-state index contributed by atoms with van der Waals surface area (Å²) < 4.78 is 10.6. The molecule has 4 rings (SSSR count). The Labute approximate surface area is 157 Å². The van der Waals surface area contributed by atoms with Crippen molar-refractivity contribution >= 4 is 28.9 Å². The molecule has 1 atom stereocenters. The van der Waals surface area contributed by atoms with E-state index in [4.69, 9.17) is 15.2 Å². The molecule has 27 heavy (non-hydrogen) atoms. The first-order valence-corrected chi connectivity index (χ1v) is 8.95. The number of nitrogens with zero attached hydrogens (tertiary/aromatic N) is 1. The minimum atomic E-state index is -0.438. The number of hydrogen-bond donors (Lipinski definition) is 2. The second-order valence-corrected chi connectivity index (χ2v) is 6.67. The van der Waals surface area contributed by atoms with E-state index in [-0.39, 0.29) is 25.0 Å². The van der Waals surface area contributed by atoms with Gasteiger partial charge in [0.05, 0.1) is 17.3 Å². The highest BCUT2D eigenvalue weighted by molar-refractivity contribution is 6.04. The van der Waals surface area contributed by atoms with Crippen molar-refractivity contribution in [2.75, 3.05) is 29.3 Å². The van der Waals surface area contributed by atoms with E-state index in [1.165, 1.54) is 0 Å². The van der Waals surface area contributed by atoms with E-state index in [2.05, 4.69) is 5.32 Å². The van der Waals surface area contributed by atoms with E-state index in [1.54, 1.807) is 17.0 Å². The van der Waals surface area contributed by atoms with E-state index >= 15 is 0 Å². The van der Waals surface area contributed by atoms with Crippen molar-refractivity contribution in [3.05, 3.63) is 42.0 Å². The van der Waals surface area contributed by atoms with Crippen LogP contribution in [0.4, 0.5) is 17.1 Å². The highest BCUT2D eigenvalue weighted by Gasteiger charge is 2.36. The number of fused-ring (bicyclic) bond motifs is 1. The third-order valence-electron chi connectivity index (χ3n) is 4.96. The van der Waals surface area contributed by atoms with E-state index in [1.807, 2.05) is 31.2 Å². The number of hydrogen-bond acceptors (Lipinski definition) is 5. The van der Waals surface area contributed by atoms with Crippen molar-refractivity contribution < 1.29 is 19.1 Å². The van der Waals surface area contributed by atoms with Crippen LogP contribution in [0.3, 0.4) is 0 Å². The second-order valence-electron chi connectivity index (χ2n) is 6.67. The maximum Gasteiger partial charge on any atom is 0.231 e. The van der Waals surface area contributed by atoms with Crippen molar-refractivity contribution in [1.29, 1.82) is 0 Å². The van der Waals surface area contributed by atoms with E-state index in [9.17, 15) is 9.59 Å². The SMILES string of the molecule is CCc1ccccc1N1CC(C(=O)Nc2cc3c(cc2N)OCO3)CC1=O. The number of anilines is 3. The van der Waals surface area contributed by atoms with Gasteiger partial charge in [-0.1, -0.05) is 25.1 Å². The van der Waals surface area contributed by atoms with Gasteiger partial charge >= 0.3 is 0 Å². The van der Waals surface area contributed by atoms with Gasteiger partial charge in [0.15, 0.2) is 11.5 Å². The summed E-state index contributed by atoms with van der Waals surface area (Å²) >= 11 is 0. The Morgan fingerprint density at radius 1 is 1.26 bits per heavy atom. The average Bonchev–Trinajstić information content (AvgIpc) is 3.28. The smallest absolute Gasteiger partial charge is 0.231 e. The Bertz CT molecular complexity index is 912. The molecule has 0 bridgehead atoms. The molecule has 2 heterocycles. The molecule has 0 aromatic heterocycles. The minimum absolute atomic E-state index is 0.0466. The minimum Gasteiger partial charge on any atom is -0.454 e. The van der Waals surface area contributed by atoms with Crippen LogP contribution in [0.1, 0.15) is 18.9 Å². The number of para-hydroxylation sites is 1. The first-order valence-electron chi connectivity index (χ1n) is 8.95. The maximum absolute atomic E-state index is 12.7. The number of ether oxygens (including phenoxy) is 2. The van der Waals surface area contributed by atoms with Gasteiger partial charge in [-0.2, -0.15) is 0 Å². The van der Waals surface area contributed by atoms with Crippen LogP contribution in [0.15, 0.2) is 36.4 Å². The van der Waals surface area contributed by atoms with Crippen LogP contribution < -0.4 is 25.4 Å². The average molecular weight is 367 g/mol. The number of amides is 2. The Kier molecular flexibility index (Phi) is 4.35. The standard InChI is InChI=1S/C20H21N3O4/c1-2-12-5-3-4-6-16(12)23-10-13(7-19(23)24)20(25)22-15-9-18-17(8-14(15)21)26-11-27-18/h3-6,8-9,13H,2,7,10-11,21H2,1H3,(H,22,25). The topological polar surface area (TPSA) is 93.9 Å². The molecule has 0 spiro atoms. The molecule has 140 valence electrons. The molecule has 1 saturated heterocycles. The second kappa shape index (κ2) is 6.83. The number of aryl methyl sites for hydroxylation is 1. The molecule has 2 aliphatic rings. The fourth-order valence-electron chi connectivity index (χ4n) is 3.49. The Hall–Kier alpha value is -3.22. The molecule has 0 saturated carbocycles. The largest absolute Gasteiger partial charge is 0.454 e. The fraction of sp³-hybridized carbons (Fsp3) is 0.300. The van der Waals surface area contributed by atoms with E-state index in [0.717, 1.165) is 17.7 Å². The lowest BCUT2D eigenvalue weighted by Crippen LogP contribution is -2.29. The molecule has 0 aliphatic carbocycles. The molecular weight excluding hydrogens is 346 g/mol. The van der Waals surface area contributed by atoms with Crippen molar-refractivity contribution in [1.82, 2.24) is 0 Å². The van der Waals surface area contributed by atoms with Crippen molar-refractivity contribution in [3.8, 4) is 11.5 Å². The van der Waals surface area contributed by atoms with E-state index in [0.29, 0.717) is 29.4 Å². The quantitative estimate of drug-likeness (QED) is 0.810. The lowest BCUT2D eigenvalue weighted by Gasteiger charge is -2.20. The molecule has 2 aromatic rings. The van der Waals surface area contributed by atoms with Crippen LogP contribution in [-0.2, 0) is 16.0 Å². The number of nitrogens with two attached hydrogens (primary N) is 1. The summed E-state index contributed by atoms with van der Waals surface area (Å²) in [4.78, 5) is 26.9. The number of benzene rings is 2. The van der Waals surface area contributed by atoms with Gasteiger partial charge in [-0.15, -0.1) is 0 Å². The summed E-state index contributed by atoms with van der Waals surface area (Å²) in [6, 6.07) is 11.1. The normalized spacial score (nSPS) is 18.0. The summed E-state index contributed by atoms with van der Waals surface area (Å²) in [6.45, 7) is 2.53. The van der Waals surface area contributed by atoms with Crippen molar-refractivity contribution in [2.24, 2.45) is 5.92 Å². The van der Waals surface area contributed by atoms with Crippen LogP contribution in [0, 0.1) is 5.92 Å². The predicted octanol–water partition coefficient (Wildman–Crippen LogP) is 2.55. The lowest BCUT2D eigenvalue weighted by molar-refractivity contribution is -0.122. The lowest BCUT2D eigenvalue weighted by atomic mass is 10.1. The zero-order valence-electron chi connectivity index (χ0n) is 15.0. The summed E-state index contributed by atoms with van der Waals surface area (Å²) in [7, 11) is 0. The fourth-order valence-corrected chi connectivity index (χ4v) is 3.49. The maximum atomic E-state index is 12.7. The summed E-state index contributed by atoms with van der Waals surface area (Å²) in [5.74, 6) is 0.386. The molecular formula is C20H21N3O4. The van der Waals surface area contributed by atoms with Gasteiger partial charge in [-0.05, 0) is 18.1 Å². The number of rotatable bonds is 4. The van der Waals surface area contributed by atoms with Crippen LogP contribution >= 0.6 is 0 Å². The molecule has 1 unspecified atom stereocenters. The number of nitrogens with one attached hydrogen (secondary N) is 1. The van der Waals surface area contributed by atoms with Crippen molar-refractivity contribution in [2.45, 2.75) is 19.8 Å². The Morgan fingerprint density at radius 2 is 2.00 bits per heavy atom. The van der Waals surface area contributed by atoms with Gasteiger partial charge in [0, 0.05) is 30.8 Å². The third kappa shape index (κ3) is 3.16. The molecule has 7 heteroatoms. The van der Waals surface area contributed by atoms with Gasteiger partial charge in [0.25, 0.3) is 0 Å². The predicted molar refractivity (Wildman–Crippen MR) is 102 cm³/mol. The van der Waals surface area contributed by atoms with Crippen LogP contribution in [0.2, 0.25) is 0 Å². The summed E-state index contributed by atoms with van der Waals surface area (Å²) in [5, 5.41) is 2.82. The zero-order chi connectivity index (χ0) is 19.0. The van der Waals surface area contributed by atoms with Gasteiger partial charge < -0.3 is 25.4 Å². The molecule has 7 nitrogen and oxygen atoms in total. The van der Waals surface area contributed by atoms with E-state index < -0.39 is 5.92 Å². The number of carbonyl (C=O) groups excluding carboxylic acids is 2. The van der Waals surface area contributed by atoms with Crippen molar-refractivity contribution in [3.63, 3.8) is 0 Å². The highest BCUT2D eigenvalue weighted by atomic mass is 16.7. The van der Waals surface area contributed by atoms with Crippen LogP contribution in [0.25, 0.3) is 0 Å². The Balaban J connectivity index is 1.50. The van der Waals surface area contributed by atoms with Gasteiger partial charge in [-0.25, -0.2) is 0 Å². The monoisotopic (exact) mass is 367 g/mol. The first kappa shape index (κ1) is 17.2. The summed E-state index contributed by atoms with van der Waals surface area (Å²) in [6.07, 6.45) is 0.999. The molecule has 2 amide bonds. The van der Waals surface area contributed by atoms with Crippen LogP contribution in [-0.4, -0.2) is 25.2 Å². The van der Waals surface area contributed by atoms with Gasteiger partial charge in [0.1, 0.15) is 0 Å². The Morgan fingerprint density at radius 3 is 2.78 bits per heavy atom. The first-order chi connectivity index (χ1) is 13.1. The molecule has 2 aromatic carbocycles. The highest BCUT2D eigenvalue weighted by Crippen LogP contribution is 2.38. The summed E-state index contributed by atoms with van der Waals surface area (Å²) in [5.41, 5.74) is 8.82. The molecule has 1 fully saturated rings.